The van der Waals surface area contributed by atoms with Gasteiger partial charge in [-0.15, -0.1) is 0 Å². The zero-order valence-electron chi connectivity index (χ0n) is 10.8. The highest BCUT2D eigenvalue weighted by atomic mass is 16.3. The van der Waals surface area contributed by atoms with Crippen LogP contribution in [0, 0.1) is 0 Å². The van der Waals surface area contributed by atoms with Gasteiger partial charge in [0, 0.05) is 25.4 Å². The van der Waals surface area contributed by atoms with Crippen molar-refractivity contribution in [3.05, 3.63) is 36.1 Å². The van der Waals surface area contributed by atoms with Gasteiger partial charge in [0.05, 0.1) is 6.54 Å². The first-order valence-corrected chi connectivity index (χ1v) is 6.06. The van der Waals surface area contributed by atoms with Gasteiger partial charge in [0.2, 0.25) is 5.91 Å². The SMILES string of the molecule is CNCCC(=O)N(C)Cc1cc2ccccc2o1. The van der Waals surface area contributed by atoms with Gasteiger partial charge in [-0.25, -0.2) is 0 Å². The van der Waals surface area contributed by atoms with Gasteiger partial charge in [0.15, 0.2) is 0 Å². The van der Waals surface area contributed by atoms with Crippen LogP contribution in [0.1, 0.15) is 12.2 Å². The molecule has 0 bridgehead atoms. The Labute approximate surface area is 107 Å². The van der Waals surface area contributed by atoms with Gasteiger partial charge in [-0.1, -0.05) is 18.2 Å². The fraction of sp³-hybridized carbons (Fsp3) is 0.357. The molecule has 0 aliphatic carbocycles. The lowest BCUT2D eigenvalue weighted by Crippen LogP contribution is -2.28. The minimum absolute atomic E-state index is 0.116. The summed E-state index contributed by atoms with van der Waals surface area (Å²) in [5.74, 6) is 0.932. The first kappa shape index (κ1) is 12.6. The molecular formula is C14H18N2O2. The number of carbonyl (C=O) groups excluding carboxylic acids is 1. The van der Waals surface area contributed by atoms with E-state index in [1.54, 1.807) is 11.9 Å². The van der Waals surface area contributed by atoms with E-state index < -0.39 is 0 Å². The van der Waals surface area contributed by atoms with Crippen molar-refractivity contribution < 1.29 is 9.21 Å². The highest BCUT2D eigenvalue weighted by Gasteiger charge is 2.11. The molecule has 96 valence electrons. The predicted molar refractivity (Wildman–Crippen MR) is 71.2 cm³/mol. The second-order valence-corrected chi connectivity index (χ2v) is 4.35. The van der Waals surface area contributed by atoms with Crippen LogP contribution in [0.15, 0.2) is 34.7 Å². The highest BCUT2D eigenvalue weighted by Crippen LogP contribution is 2.19. The molecule has 18 heavy (non-hydrogen) atoms. The van der Waals surface area contributed by atoms with Crippen molar-refractivity contribution in [1.82, 2.24) is 10.2 Å². The summed E-state index contributed by atoms with van der Waals surface area (Å²) in [6, 6.07) is 9.84. The molecule has 0 aliphatic rings. The van der Waals surface area contributed by atoms with Crippen LogP contribution in [0.25, 0.3) is 11.0 Å². The molecule has 1 heterocycles. The molecule has 2 aromatic rings. The maximum Gasteiger partial charge on any atom is 0.223 e. The molecule has 0 atom stereocenters. The molecule has 0 saturated heterocycles. The summed E-state index contributed by atoms with van der Waals surface area (Å²) in [4.78, 5) is 13.5. The van der Waals surface area contributed by atoms with E-state index in [-0.39, 0.29) is 5.91 Å². The highest BCUT2D eigenvalue weighted by molar-refractivity contribution is 5.78. The molecule has 1 aromatic heterocycles. The topological polar surface area (TPSA) is 45.5 Å². The molecular weight excluding hydrogens is 228 g/mol. The second kappa shape index (κ2) is 5.69. The number of nitrogens with zero attached hydrogens (tertiary/aromatic N) is 1. The fourth-order valence-electron chi connectivity index (χ4n) is 1.86. The van der Waals surface area contributed by atoms with Crippen molar-refractivity contribution in [1.29, 1.82) is 0 Å². The third kappa shape index (κ3) is 2.90. The summed E-state index contributed by atoms with van der Waals surface area (Å²) in [5.41, 5.74) is 0.864. The zero-order valence-corrected chi connectivity index (χ0v) is 10.8. The van der Waals surface area contributed by atoms with E-state index in [1.807, 2.05) is 37.4 Å². The molecule has 4 nitrogen and oxygen atoms in total. The molecule has 0 aliphatic heterocycles. The lowest BCUT2D eigenvalue weighted by molar-refractivity contribution is -0.130. The van der Waals surface area contributed by atoms with Crippen LogP contribution in [0.3, 0.4) is 0 Å². The number of carbonyl (C=O) groups is 1. The standard InChI is InChI=1S/C14H18N2O2/c1-15-8-7-14(17)16(2)10-12-9-11-5-3-4-6-13(11)18-12/h3-6,9,15H,7-8,10H2,1-2H3. The summed E-state index contributed by atoms with van der Waals surface area (Å²) in [6.45, 7) is 1.21. The summed E-state index contributed by atoms with van der Waals surface area (Å²) < 4.78 is 5.68. The van der Waals surface area contributed by atoms with Gasteiger partial charge in [-0.05, 0) is 19.2 Å². The summed E-state index contributed by atoms with van der Waals surface area (Å²) in [5, 5.41) is 4.04. The maximum atomic E-state index is 11.8. The fourth-order valence-corrected chi connectivity index (χ4v) is 1.86. The number of nitrogens with one attached hydrogen (secondary N) is 1. The smallest absolute Gasteiger partial charge is 0.223 e. The first-order chi connectivity index (χ1) is 8.70. The molecule has 0 spiro atoms. The third-order valence-electron chi connectivity index (χ3n) is 2.88. The molecule has 2 rings (SSSR count). The Morgan fingerprint density at radius 2 is 2.17 bits per heavy atom. The van der Waals surface area contributed by atoms with Crippen molar-refractivity contribution >= 4 is 16.9 Å². The van der Waals surface area contributed by atoms with Crippen LogP contribution in [-0.2, 0) is 11.3 Å². The Hall–Kier alpha value is -1.81. The van der Waals surface area contributed by atoms with Crippen molar-refractivity contribution in [2.45, 2.75) is 13.0 Å². The first-order valence-electron chi connectivity index (χ1n) is 6.06. The predicted octanol–water partition coefficient (Wildman–Crippen LogP) is 2.00. The van der Waals surface area contributed by atoms with E-state index in [4.69, 9.17) is 4.42 Å². The lowest BCUT2D eigenvalue weighted by Gasteiger charge is -2.15. The molecule has 0 radical (unpaired) electrons. The molecule has 0 saturated carbocycles. The Kier molecular flexibility index (Phi) is 3.99. The number of fused-ring (bicyclic) bond motifs is 1. The molecule has 0 unspecified atom stereocenters. The monoisotopic (exact) mass is 246 g/mol. The number of hydrogen-bond donors (Lipinski definition) is 1. The quantitative estimate of drug-likeness (QED) is 0.877. The van der Waals surface area contributed by atoms with E-state index in [0.717, 1.165) is 16.7 Å². The summed E-state index contributed by atoms with van der Waals surface area (Å²) in [6.07, 6.45) is 0.507. The van der Waals surface area contributed by atoms with Crippen LogP contribution < -0.4 is 5.32 Å². The van der Waals surface area contributed by atoms with Gasteiger partial charge < -0.3 is 14.6 Å². The third-order valence-corrected chi connectivity index (χ3v) is 2.88. The second-order valence-electron chi connectivity index (χ2n) is 4.35. The average molecular weight is 246 g/mol. The lowest BCUT2D eigenvalue weighted by atomic mass is 10.2. The normalized spacial score (nSPS) is 10.8. The van der Waals surface area contributed by atoms with Gasteiger partial charge in [0.25, 0.3) is 0 Å². The molecule has 1 amide bonds. The van der Waals surface area contributed by atoms with E-state index in [0.29, 0.717) is 19.5 Å². The average Bonchev–Trinajstić information content (AvgIpc) is 2.77. The van der Waals surface area contributed by atoms with Crippen LogP contribution in [0.5, 0.6) is 0 Å². The van der Waals surface area contributed by atoms with E-state index >= 15 is 0 Å². The Morgan fingerprint density at radius 3 is 2.89 bits per heavy atom. The van der Waals surface area contributed by atoms with Gasteiger partial charge >= 0.3 is 0 Å². The number of para-hydroxylation sites is 1. The Bertz CT molecular complexity index is 500. The number of benzene rings is 1. The number of rotatable bonds is 5. The van der Waals surface area contributed by atoms with Crippen LogP contribution in [-0.4, -0.2) is 31.4 Å². The Morgan fingerprint density at radius 1 is 1.39 bits per heavy atom. The zero-order chi connectivity index (χ0) is 13.0. The maximum absolute atomic E-state index is 11.8. The summed E-state index contributed by atoms with van der Waals surface area (Å²) >= 11 is 0. The number of amides is 1. The molecule has 1 aromatic carbocycles. The van der Waals surface area contributed by atoms with Crippen LogP contribution >= 0.6 is 0 Å². The molecule has 1 N–H and O–H groups in total. The Balaban J connectivity index is 2.02. The van der Waals surface area contributed by atoms with Crippen molar-refractivity contribution in [2.24, 2.45) is 0 Å². The summed E-state index contributed by atoms with van der Waals surface area (Å²) in [7, 11) is 3.64. The van der Waals surface area contributed by atoms with Gasteiger partial charge in [0.1, 0.15) is 11.3 Å². The van der Waals surface area contributed by atoms with Crippen LogP contribution in [0.2, 0.25) is 0 Å². The van der Waals surface area contributed by atoms with E-state index in [2.05, 4.69) is 5.32 Å². The minimum atomic E-state index is 0.116. The number of hydrogen-bond acceptors (Lipinski definition) is 3. The van der Waals surface area contributed by atoms with Gasteiger partial charge in [-0.2, -0.15) is 0 Å². The minimum Gasteiger partial charge on any atom is -0.459 e. The number of furan rings is 1. The van der Waals surface area contributed by atoms with Crippen molar-refractivity contribution in [3.8, 4) is 0 Å². The van der Waals surface area contributed by atoms with Crippen molar-refractivity contribution in [2.75, 3.05) is 20.6 Å². The molecule has 4 heteroatoms. The van der Waals surface area contributed by atoms with E-state index in [1.165, 1.54) is 0 Å². The largest absolute Gasteiger partial charge is 0.459 e. The van der Waals surface area contributed by atoms with E-state index in [9.17, 15) is 4.79 Å². The molecule has 0 fully saturated rings. The van der Waals surface area contributed by atoms with Crippen LogP contribution in [0.4, 0.5) is 0 Å². The van der Waals surface area contributed by atoms with Gasteiger partial charge in [-0.3, -0.25) is 4.79 Å². The van der Waals surface area contributed by atoms with Crippen molar-refractivity contribution in [3.63, 3.8) is 0 Å².